The van der Waals surface area contributed by atoms with Gasteiger partial charge in [0.15, 0.2) is 0 Å². The first-order chi connectivity index (χ1) is 17.4. The zero-order chi connectivity index (χ0) is 25.5. The summed E-state index contributed by atoms with van der Waals surface area (Å²) in [6.45, 7) is 7.12. The SMILES string of the molecule is CCc1ccccc1N(CC(=O)NCc1cccc(CN2CCCC2)c1)S(=O)(=O)c1ccc(C)cc1. The second-order valence-corrected chi connectivity index (χ2v) is 11.2. The number of carbonyl (C=O) groups excluding carboxylic acids is 1. The molecule has 0 bridgehead atoms. The van der Waals surface area contributed by atoms with Gasteiger partial charge in [-0.1, -0.05) is 67.1 Å². The first kappa shape index (κ1) is 25.9. The van der Waals surface area contributed by atoms with Crippen molar-refractivity contribution in [2.45, 2.75) is 51.1 Å². The Bertz CT molecular complexity index is 1280. The summed E-state index contributed by atoms with van der Waals surface area (Å²) >= 11 is 0. The molecule has 1 saturated heterocycles. The van der Waals surface area contributed by atoms with Crippen LogP contribution in [0.1, 0.15) is 42.0 Å². The number of carbonyl (C=O) groups is 1. The van der Waals surface area contributed by atoms with Gasteiger partial charge in [-0.05, 0) is 74.2 Å². The Morgan fingerprint density at radius 2 is 1.64 bits per heavy atom. The Balaban J connectivity index is 1.51. The number of aryl methyl sites for hydroxylation is 2. The number of likely N-dealkylation sites (tertiary alicyclic amines) is 1. The fourth-order valence-corrected chi connectivity index (χ4v) is 6.07. The average Bonchev–Trinajstić information content (AvgIpc) is 3.39. The van der Waals surface area contributed by atoms with Gasteiger partial charge in [-0.25, -0.2) is 8.42 Å². The molecule has 1 aliphatic heterocycles. The van der Waals surface area contributed by atoms with Crippen molar-refractivity contribution >= 4 is 21.6 Å². The quantitative estimate of drug-likeness (QED) is 0.435. The third kappa shape index (κ3) is 6.33. The fourth-order valence-electron chi connectivity index (χ4n) is 4.61. The Morgan fingerprint density at radius 3 is 2.36 bits per heavy atom. The molecule has 7 heteroatoms. The van der Waals surface area contributed by atoms with Crippen LogP contribution in [0.4, 0.5) is 5.69 Å². The van der Waals surface area contributed by atoms with Crippen LogP contribution in [-0.2, 0) is 34.3 Å². The summed E-state index contributed by atoms with van der Waals surface area (Å²) in [5.74, 6) is -0.346. The van der Waals surface area contributed by atoms with Crippen molar-refractivity contribution in [3.8, 4) is 0 Å². The van der Waals surface area contributed by atoms with Crippen LogP contribution in [0.2, 0.25) is 0 Å². The highest BCUT2D eigenvalue weighted by Crippen LogP contribution is 2.27. The third-order valence-corrected chi connectivity index (χ3v) is 8.40. The largest absolute Gasteiger partial charge is 0.350 e. The standard InChI is InChI=1S/C29H35N3O3S/c1-3-26-11-4-5-12-28(26)32(36(34,35)27-15-13-23(2)14-16-27)22-29(33)30-20-24-9-8-10-25(19-24)21-31-17-6-7-18-31/h4-5,8-16,19H,3,6-7,17-18,20-22H2,1-2H3,(H,30,33). The number of hydrogen-bond acceptors (Lipinski definition) is 4. The van der Waals surface area contributed by atoms with E-state index >= 15 is 0 Å². The van der Waals surface area contributed by atoms with Crippen molar-refractivity contribution in [1.82, 2.24) is 10.2 Å². The summed E-state index contributed by atoms with van der Waals surface area (Å²) in [5.41, 5.74) is 4.60. The maximum absolute atomic E-state index is 13.7. The molecule has 1 amide bonds. The van der Waals surface area contributed by atoms with Gasteiger partial charge in [0.1, 0.15) is 6.54 Å². The molecule has 1 N–H and O–H groups in total. The summed E-state index contributed by atoms with van der Waals surface area (Å²) in [5, 5.41) is 2.93. The lowest BCUT2D eigenvalue weighted by Crippen LogP contribution is -2.41. The summed E-state index contributed by atoms with van der Waals surface area (Å²) in [6, 6.07) is 22.3. The molecule has 0 atom stereocenters. The van der Waals surface area contributed by atoms with Crippen molar-refractivity contribution in [3.05, 3.63) is 95.1 Å². The second-order valence-electron chi connectivity index (χ2n) is 9.39. The number of para-hydroxylation sites is 1. The van der Waals surface area contributed by atoms with Crippen molar-refractivity contribution in [2.24, 2.45) is 0 Å². The monoisotopic (exact) mass is 505 g/mol. The highest BCUT2D eigenvalue weighted by atomic mass is 32.2. The number of hydrogen-bond donors (Lipinski definition) is 1. The van der Waals surface area contributed by atoms with Crippen LogP contribution in [0.5, 0.6) is 0 Å². The molecule has 0 aliphatic carbocycles. The number of amides is 1. The molecule has 0 unspecified atom stereocenters. The van der Waals surface area contributed by atoms with E-state index < -0.39 is 10.0 Å². The Hall–Kier alpha value is -3.16. The molecule has 4 rings (SSSR count). The molecular weight excluding hydrogens is 470 g/mol. The molecule has 190 valence electrons. The number of anilines is 1. The first-order valence-corrected chi connectivity index (χ1v) is 14.0. The second kappa shape index (κ2) is 11.7. The van der Waals surface area contributed by atoms with E-state index in [0.29, 0.717) is 18.7 Å². The van der Waals surface area contributed by atoms with Crippen LogP contribution in [0.25, 0.3) is 0 Å². The van der Waals surface area contributed by atoms with E-state index in [1.54, 1.807) is 36.4 Å². The smallest absolute Gasteiger partial charge is 0.264 e. The number of rotatable bonds is 10. The summed E-state index contributed by atoms with van der Waals surface area (Å²) in [7, 11) is -3.93. The predicted molar refractivity (Wildman–Crippen MR) is 144 cm³/mol. The minimum absolute atomic E-state index is 0.168. The molecule has 0 saturated carbocycles. The molecule has 0 spiro atoms. The van der Waals surface area contributed by atoms with E-state index in [0.717, 1.165) is 36.3 Å². The minimum Gasteiger partial charge on any atom is -0.350 e. The molecule has 3 aromatic carbocycles. The van der Waals surface area contributed by atoms with Crippen LogP contribution in [0.15, 0.2) is 77.7 Å². The fraction of sp³-hybridized carbons (Fsp3) is 0.345. The average molecular weight is 506 g/mol. The molecular formula is C29H35N3O3S. The highest BCUT2D eigenvalue weighted by Gasteiger charge is 2.28. The van der Waals surface area contributed by atoms with Gasteiger partial charge in [0.05, 0.1) is 10.6 Å². The van der Waals surface area contributed by atoms with Crippen LogP contribution in [-0.4, -0.2) is 38.9 Å². The molecule has 0 radical (unpaired) electrons. The lowest BCUT2D eigenvalue weighted by atomic mass is 10.1. The maximum Gasteiger partial charge on any atom is 0.264 e. The Kier molecular flexibility index (Phi) is 8.44. The van der Waals surface area contributed by atoms with E-state index in [2.05, 4.69) is 22.3 Å². The van der Waals surface area contributed by atoms with Gasteiger partial charge in [-0.2, -0.15) is 0 Å². The number of sulfonamides is 1. The van der Waals surface area contributed by atoms with E-state index in [9.17, 15) is 13.2 Å². The topological polar surface area (TPSA) is 69.7 Å². The number of benzene rings is 3. The Labute approximate surface area is 215 Å². The van der Waals surface area contributed by atoms with Crippen LogP contribution >= 0.6 is 0 Å². The van der Waals surface area contributed by atoms with E-state index in [4.69, 9.17) is 0 Å². The summed E-state index contributed by atoms with van der Waals surface area (Å²) < 4.78 is 28.6. The predicted octanol–water partition coefficient (Wildman–Crippen LogP) is 4.66. The molecule has 1 fully saturated rings. The number of nitrogens with one attached hydrogen (secondary N) is 1. The summed E-state index contributed by atoms with van der Waals surface area (Å²) in [6.07, 6.45) is 3.15. The molecule has 1 heterocycles. The normalized spacial score (nSPS) is 14.1. The lowest BCUT2D eigenvalue weighted by Gasteiger charge is -2.26. The molecule has 3 aromatic rings. The molecule has 0 aromatic heterocycles. The molecule has 1 aliphatic rings. The third-order valence-electron chi connectivity index (χ3n) is 6.62. The van der Waals surface area contributed by atoms with E-state index in [1.807, 2.05) is 38.1 Å². The van der Waals surface area contributed by atoms with Crippen molar-refractivity contribution in [2.75, 3.05) is 23.9 Å². The van der Waals surface area contributed by atoms with Crippen LogP contribution in [0.3, 0.4) is 0 Å². The zero-order valence-electron chi connectivity index (χ0n) is 21.1. The van der Waals surface area contributed by atoms with Gasteiger partial charge < -0.3 is 5.32 Å². The highest BCUT2D eigenvalue weighted by molar-refractivity contribution is 7.92. The van der Waals surface area contributed by atoms with Crippen LogP contribution < -0.4 is 9.62 Å². The van der Waals surface area contributed by atoms with Gasteiger partial charge in [0.2, 0.25) is 5.91 Å². The maximum atomic E-state index is 13.7. The Morgan fingerprint density at radius 1 is 0.944 bits per heavy atom. The van der Waals surface area contributed by atoms with Crippen molar-refractivity contribution in [1.29, 1.82) is 0 Å². The van der Waals surface area contributed by atoms with Gasteiger partial charge in [-0.3, -0.25) is 14.0 Å². The molecule has 36 heavy (non-hydrogen) atoms. The molecule has 6 nitrogen and oxygen atoms in total. The van der Waals surface area contributed by atoms with E-state index in [1.165, 1.54) is 22.7 Å². The lowest BCUT2D eigenvalue weighted by molar-refractivity contribution is -0.119. The minimum atomic E-state index is -3.93. The van der Waals surface area contributed by atoms with Crippen molar-refractivity contribution in [3.63, 3.8) is 0 Å². The van der Waals surface area contributed by atoms with Gasteiger partial charge >= 0.3 is 0 Å². The zero-order valence-corrected chi connectivity index (χ0v) is 21.9. The van der Waals surface area contributed by atoms with Crippen LogP contribution in [0, 0.1) is 6.92 Å². The van der Waals surface area contributed by atoms with E-state index in [-0.39, 0.29) is 17.3 Å². The first-order valence-electron chi connectivity index (χ1n) is 12.6. The van der Waals surface area contributed by atoms with Gasteiger partial charge in [0, 0.05) is 13.1 Å². The summed E-state index contributed by atoms with van der Waals surface area (Å²) in [4.78, 5) is 15.7. The van der Waals surface area contributed by atoms with Gasteiger partial charge in [-0.15, -0.1) is 0 Å². The van der Waals surface area contributed by atoms with Crippen molar-refractivity contribution < 1.29 is 13.2 Å². The van der Waals surface area contributed by atoms with Gasteiger partial charge in [0.25, 0.3) is 10.0 Å². The number of nitrogens with zero attached hydrogens (tertiary/aromatic N) is 2.